The number of alkyl halides is 2. The third-order valence-corrected chi connectivity index (χ3v) is 3.91. The molecule has 0 saturated carbocycles. The fourth-order valence-electron chi connectivity index (χ4n) is 1.03. The van der Waals surface area contributed by atoms with Gasteiger partial charge in [0, 0.05) is 19.8 Å². The fourth-order valence-corrected chi connectivity index (χ4v) is 2.81. The van der Waals surface area contributed by atoms with Gasteiger partial charge in [0.05, 0.1) is 10.5 Å². The summed E-state index contributed by atoms with van der Waals surface area (Å²) in [4.78, 5) is -0.437. The summed E-state index contributed by atoms with van der Waals surface area (Å²) in [5.41, 5.74) is -0.867. The molecule has 86 valence electrons. The maximum absolute atomic E-state index is 12.6. The normalized spacial score (nSPS) is 11.5. The highest BCUT2D eigenvalue weighted by atomic mass is 127. The van der Waals surface area contributed by atoms with Gasteiger partial charge in [0.1, 0.15) is 6.07 Å². The second-order valence-electron chi connectivity index (χ2n) is 2.72. The van der Waals surface area contributed by atoms with Crippen LogP contribution in [0.4, 0.5) is 8.78 Å². The first-order valence-corrected chi connectivity index (χ1v) is 7.12. The van der Waals surface area contributed by atoms with Gasteiger partial charge in [0.25, 0.3) is 15.5 Å². The predicted octanol–water partition coefficient (Wildman–Crippen LogP) is 3.03. The summed E-state index contributed by atoms with van der Waals surface area (Å²) in [5.74, 6) is 0. The monoisotopic (exact) mass is 377 g/mol. The van der Waals surface area contributed by atoms with E-state index in [0.29, 0.717) is 6.07 Å². The summed E-state index contributed by atoms with van der Waals surface area (Å²) in [6, 6.07) is 3.39. The average Bonchev–Trinajstić information content (AvgIpc) is 2.14. The zero-order valence-electron chi connectivity index (χ0n) is 7.42. The van der Waals surface area contributed by atoms with E-state index >= 15 is 0 Å². The van der Waals surface area contributed by atoms with Crippen molar-refractivity contribution in [3.8, 4) is 6.07 Å². The number of benzene rings is 1. The molecule has 1 rings (SSSR count). The van der Waals surface area contributed by atoms with Crippen LogP contribution >= 0.6 is 33.3 Å². The van der Waals surface area contributed by atoms with E-state index in [1.165, 1.54) is 0 Å². The molecule has 16 heavy (non-hydrogen) atoms. The van der Waals surface area contributed by atoms with Crippen LogP contribution in [0.1, 0.15) is 17.6 Å². The molecule has 0 aliphatic carbocycles. The highest BCUT2D eigenvalue weighted by molar-refractivity contribution is 14.1. The van der Waals surface area contributed by atoms with Gasteiger partial charge in [0.2, 0.25) is 0 Å². The summed E-state index contributed by atoms with van der Waals surface area (Å²) in [6.45, 7) is 0. The Morgan fingerprint density at radius 1 is 1.44 bits per heavy atom. The summed E-state index contributed by atoms with van der Waals surface area (Å²) in [6.07, 6.45) is -2.93. The Hall–Kier alpha value is -0.460. The molecule has 0 radical (unpaired) electrons. The first kappa shape index (κ1) is 13.6. The molecule has 3 nitrogen and oxygen atoms in total. The van der Waals surface area contributed by atoms with Crippen molar-refractivity contribution in [3.05, 3.63) is 26.8 Å². The largest absolute Gasteiger partial charge is 0.265 e. The Labute approximate surface area is 109 Å². The smallest absolute Gasteiger partial charge is 0.207 e. The lowest BCUT2D eigenvalue weighted by molar-refractivity contribution is 0.150. The third kappa shape index (κ3) is 2.81. The number of halogens is 4. The fraction of sp³-hybridized carbons (Fsp3) is 0.125. The number of hydrogen-bond acceptors (Lipinski definition) is 3. The van der Waals surface area contributed by atoms with Gasteiger partial charge in [-0.25, -0.2) is 17.2 Å². The van der Waals surface area contributed by atoms with Crippen molar-refractivity contribution in [2.75, 3.05) is 0 Å². The van der Waals surface area contributed by atoms with E-state index in [1.54, 1.807) is 28.7 Å². The van der Waals surface area contributed by atoms with Crippen LogP contribution in [-0.4, -0.2) is 8.42 Å². The molecule has 1 aromatic rings. The lowest BCUT2D eigenvalue weighted by Crippen LogP contribution is -1.99. The van der Waals surface area contributed by atoms with Gasteiger partial charge >= 0.3 is 0 Å². The molecule has 0 heterocycles. The first-order chi connectivity index (χ1) is 7.27. The van der Waals surface area contributed by atoms with Crippen LogP contribution in [0.15, 0.2) is 17.0 Å². The summed E-state index contributed by atoms with van der Waals surface area (Å²) < 4.78 is 47.3. The molecule has 0 unspecified atom stereocenters. The Bertz CT molecular complexity index is 568. The first-order valence-electron chi connectivity index (χ1n) is 3.73. The zero-order chi connectivity index (χ0) is 12.5. The van der Waals surface area contributed by atoms with Crippen LogP contribution in [0.3, 0.4) is 0 Å². The van der Waals surface area contributed by atoms with Gasteiger partial charge < -0.3 is 0 Å². The molecular formula is C8H3ClF2INO2S. The molecule has 0 spiro atoms. The molecule has 0 aliphatic heterocycles. The van der Waals surface area contributed by atoms with E-state index in [0.717, 1.165) is 6.07 Å². The average molecular weight is 378 g/mol. The van der Waals surface area contributed by atoms with E-state index < -0.39 is 25.9 Å². The molecule has 0 aromatic heterocycles. The van der Waals surface area contributed by atoms with E-state index in [4.69, 9.17) is 15.9 Å². The van der Waals surface area contributed by atoms with E-state index in [9.17, 15) is 17.2 Å². The molecule has 0 amide bonds. The van der Waals surface area contributed by atoms with Crippen molar-refractivity contribution < 1.29 is 17.2 Å². The minimum absolute atomic E-state index is 0.122. The summed E-state index contributed by atoms with van der Waals surface area (Å²) in [7, 11) is 0.962. The van der Waals surface area contributed by atoms with Gasteiger partial charge in [-0.15, -0.1) is 0 Å². The number of nitriles is 1. The molecule has 1 aromatic carbocycles. The molecule has 0 N–H and O–H groups in total. The Balaban J connectivity index is 3.61. The minimum Gasteiger partial charge on any atom is -0.207 e. The summed E-state index contributed by atoms with van der Waals surface area (Å²) in [5, 5.41) is 8.67. The highest BCUT2D eigenvalue weighted by Gasteiger charge is 2.21. The Kier molecular flexibility index (Phi) is 4.09. The van der Waals surface area contributed by atoms with E-state index in [-0.39, 0.29) is 9.13 Å². The lowest BCUT2D eigenvalue weighted by Gasteiger charge is -2.06. The number of nitrogens with zero attached hydrogens (tertiary/aromatic N) is 1. The van der Waals surface area contributed by atoms with Crippen LogP contribution in [0.2, 0.25) is 0 Å². The van der Waals surface area contributed by atoms with Crippen LogP contribution in [0, 0.1) is 14.9 Å². The van der Waals surface area contributed by atoms with Crippen molar-refractivity contribution in [1.82, 2.24) is 0 Å². The van der Waals surface area contributed by atoms with Crippen molar-refractivity contribution in [1.29, 1.82) is 5.26 Å². The maximum atomic E-state index is 12.6. The van der Waals surface area contributed by atoms with Crippen LogP contribution in [0.25, 0.3) is 0 Å². The third-order valence-electron chi connectivity index (χ3n) is 1.72. The van der Waals surface area contributed by atoms with Crippen LogP contribution < -0.4 is 0 Å². The van der Waals surface area contributed by atoms with Crippen molar-refractivity contribution >= 4 is 42.3 Å². The Morgan fingerprint density at radius 3 is 2.38 bits per heavy atom. The molecule has 0 saturated heterocycles. The number of hydrogen-bond donors (Lipinski definition) is 0. The molecule has 0 fully saturated rings. The van der Waals surface area contributed by atoms with Gasteiger partial charge in [0.15, 0.2) is 0 Å². The van der Waals surface area contributed by atoms with Gasteiger partial charge in [-0.3, -0.25) is 0 Å². The Morgan fingerprint density at radius 2 is 2.00 bits per heavy atom. The number of rotatable bonds is 2. The molecule has 0 atom stereocenters. The molecule has 8 heteroatoms. The van der Waals surface area contributed by atoms with Crippen molar-refractivity contribution in [2.45, 2.75) is 11.3 Å². The lowest BCUT2D eigenvalue weighted by atomic mass is 10.1. The zero-order valence-corrected chi connectivity index (χ0v) is 11.1. The van der Waals surface area contributed by atoms with Crippen molar-refractivity contribution in [3.63, 3.8) is 0 Å². The molecule has 0 bridgehead atoms. The van der Waals surface area contributed by atoms with E-state index in [2.05, 4.69) is 0 Å². The van der Waals surface area contributed by atoms with Crippen molar-refractivity contribution in [2.24, 2.45) is 0 Å². The second kappa shape index (κ2) is 4.81. The quantitative estimate of drug-likeness (QED) is 0.588. The second-order valence-corrected chi connectivity index (χ2v) is 6.45. The van der Waals surface area contributed by atoms with E-state index in [1.807, 2.05) is 0 Å². The highest BCUT2D eigenvalue weighted by Crippen LogP contribution is 2.30. The predicted molar refractivity (Wildman–Crippen MR) is 61.9 cm³/mol. The maximum Gasteiger partial charge on any atom is 0.265 e. The van der Waals surface area contributed by atoms with Crippen LogP contribution in [0.5, 0.6) is 0 Å². The molecule has 0 aliphatic rings. The minimum atomic E-state index is -4.08. The summed E-state index contributed by atoms with van der Waals surface area (Å²) >= 11 is 1.61. The standard InChI is InChI=1S/C8H3ClF2INO2S/c9-16(14,15)4-1-5(8(10)11)6(3-13)7(12)2-4/h1-2,8H. The molecular weight excluding hydrogens is 375 g/mol. The van der Waals surface area contributed by atoms with Gasteiger partial charge in [-0.1, -0.05) is 0 Å². The van der Waals surface area contributed by atoms with Gasteiger partial charge in [-0.2, -0.15) is 5.26 Å². The van der Waals surface area contributed by atoms with Gasteiger partial charge in [-0.05, 0) is 34.7 Å². The van der Waals surface area contributed by atoms with Crippen LogP contribution in [-0.2, 0) is 9.05 Å². The topological polar surface area (TPSA) is 57.9 Å². The SMILES string of the molecule is N#Cc1c(I)cc(S(=O)(=O)Cl)cc1C(F)F.